The van der Waals surface area contributed by atoms with Crippen LogP contribution in [0.4, 0.5) is 0 Å². The molecule has 3 nitrogen and oxygen atoms in total. The van der Waals surface area contributed by atoms with E-state index in [1.165, 1.54) is 0 Å². The van der Waals surface area contributed by atoms with Crippen LogP contribution in [0.25, 0.3) is 11.6 Å². The third-order valence-electron chi connectivity index (χ3n) is 2.98. The Labute approximate surface area is 125 Å². The van der Waals surface area contributed by atoms with Gasteiger partial charge in [0.25, 0.3) is 0 Å². The van der Waals surface area contributed by atoms with Gasteiger partial charge in [-0.2, -0.15) is 5.26 Å². The molecule has 2 aromatic carbocycles. The lowest BCUT2D eigenvalue weighted by Crippen LogP contribution is -1.92. The summed E-state index contributed by atoms with van der Waals surface area (Å²) in [6.07, 6.45) is 1.84. The Morgan fingerprint density at radius 1 is 1.10 bits per heavy atom. The second-order valence-corrected chi connectivity index (χ2v) is 5.21. The van der Waals surface area contributed by atoms with Gasteiger partial charge < -0.3 is 9.47 Å². The Kier molecular flexibility index (Phi) is 3.44. The minimum absolute atomic E-state index is 0.250. The molecule has 0 bridgehead atoms. The molecule has 0 aliphatic carbocycles. The van der Waals surface area contributed by atoms with E-state index in [0.717, 1.165) is 21.3 Å². The number of nitrogens with zero attached hydrogens (tertiary/aromatic N) is 1. The maximum Gasteiger partial charge on any atom is 0.231 e. The van der Waals surface area contributed by atoms with Crippen LogP contribution in [0, 0.1) is 11.3 Å². The number of allylic oxidation sites excluding steroid dienone is 1. The minimum Gasteiger partial charge on any atom is -0.454 e. The molecule has 4 heteroatoms. The van der Waals surface area contributed by atoms with Crippen LogP contribution in [0.5, 0.6) is 11.5 Å². The van der Waals surface area contributed by atoms with Crippen LogP contribution in [-0.4, -0.2) is 6.79 Å². The second kappa shape index (κ2) is 5.40. The highest BCUT2D eigenvalue weighted by molar-refractivity contribution is 9.10. The number of benzene rings is 2. The molecule has 0 spiro atoms. The molecule has 1 heterocycles. The fourth-order valence-electron chi connectivity index (χ4n) is 1.98. The molecule has 0 radical (unpaired) electrons. The van der Waals surface area contributed by atoms with E-state index in [1.807, 2.05) is 48.5 Å². The zero-order valence-electron chi connectivity index (χ0n) is 10.5. The van der Waals surface area contributed by atoms with E-state index in [0.29, 0.717) is 11.3 Å². The molecule has 0 saturated heterocycles. The smallest absolute Gasteiger partial charge is 0.231 e. The van der Waals surface area contributed by atoms with Gasteiger partial charge in [-0.25, -0.2) is 0 Å². The van der Waals surface area contributed by atoms with Crippen molar-refractivity contribution in [3.63, 3.8) is 0 Å². The van der Waals surface area contributed by atoms with Crippen LogP contribution in [0.3, 0.4) is 0 Å². The van der Waals surface area contributed by atoms with Crippen molar-refractivity contribution in [2.45, 2.75) is 0 Å². The van der Waals surface area contributed by atoms with E-state index >= 15 is 0 Å². The van der Waals surface area contributed by atoms with Gasteiger partial charge in [0.1, 0.15) is 0 Å². The molecule has 20 heavy (non-hydrogen) atoms. The molecule has 0 amide bonds. The number of halogens is 1. The number of fused-ring (bicyclic) bond motifs is 1. The van der Waals surface area contributed by atoms with Crippen LogP contribution in [-0.2, 0) is 0 Å². The van der Waals surface area contributed by atoms with Crippen LogP contribution < -0.4 is 9.47 Å². The minimum atomic E-state index is 0.250. The summed E-state index contributed by atoms with van der Waals surface area (Å²) in [6.45, 7) is 0.250. The highest BCUT2D eigenvalue weighted by Gasteiger charge is 2.12. The van der Waals surface area contributed by atoms with Crippen molar-refractivity contribution in [1.29, 1.82) is 5.26 Å². The molecule has 3 rings (SSSR count). The Bertz CT molecular complexity index is 714. The van der Waals surface area contributed by atoms with Crippen molar-refractivity contribution in [2.75, 3.05) is 6.79 Å². The molecule has 0 saturated carbocycles. The summed E-state index contributed by atoms with van der Waals surface area (Å²) in [5.74, 6) is 1.45. The number of hydrogen-bond donors (Lipinski definition) is 0. The predicted octanol–water partition coefficient (Wildman–Crippen LogP) is 4.24. The van der Waals surface area contributed by atoms with Crippen LogP contribution >= 0.6 is 15.9 Å². The Balaban J connectivity index is 1.97. The van der Waals surface area contributed by atoms with E-state index in [4.69, 9.17) is 9.47 Å². The third kappa shape index (κ3) is 2.54. The average molecular weight is 328 g/mol. The normalized spacial score (nSPS) is 13.1. The van der Waals surface area contributed by atoms with E-state index in [1.54, 1.807) is 0 Å². The molecule has 1 aliphatic heterocycles. The standard InChI is InChI=1S/C16H10BrNO2/c17-14-4-2-12(3-5-14)13(9-18)7-11-1-6-15-16(8-11)20-10-19-15/h1-8H,10H2/b13-7+. The highest BCUT2D eigenvalue weighted by atomic mass is 79.9. The summed E-state index contributed by atoms with van der Waals surface area (Å²) >= 11 is 3.38. The van der Waals surface area contributed by atoms with Crippen molar-refractivity contribution in [3.8, 4) is 17.6 Å². The summed E-state index contributed by atoms with van der Waals surface area (Å²) in [4.78, 5) is 0. The molecule has 1 aliphatic rings. The van der Waals surface area contributed by atoms with Gasteiger partial charge >= 0.3 is 0 Å². The predicted molar refractivity (Wildman–Crippen MR) is 80.2 cm³/mol. The van der Waals surface area contributed by atoms with Crippen LogP contribution in [0.1, 0.15) is 11.1 Å². The van der Waals surface area contributed by atoms with Crippen LogP contribution in [0.15, 0.2) is 46.9 Å². The molecule has 0 unspecified atom stereocenters. The van der Waals surface area contributed by atoms with Gasteiger partial charge in [0, 0.05) is 4.47 Å². The summed E-state index contributed by atoms with van der Waals surface area (Å²) < 4.78 is 11.6. The fraction of sp³-hybridized carbons (Fsp3) is 0.0625. The van der Waals surface area contributed by atoms with E-state index in [9.17, 15) is 5.26 Å². The average Bonchev–Trinajstić information content (AvgIpc) is 2.93. The van der Waals surface area contributed by atoms with Crippen molar-refractivity contribution >= 4 is 27.6 Å². The first-order valence-electron chi connectivity index (χ1n) is 6.03. The maximum absolute atomic E-state index is 9.32. The number of rotatable bonds is 2. The van der Waals surface area contributed by atoms with Gasteiger partial charge in [0.05, 0.1) is 11.6 Å². The first-order valence-corrected chi connectivity index (χ1v) is 6.83. The van der Waals surface area contributed by atoms with Crippen molar-refractivity contribution in [2.24, 2.45) is 0 Å². The topological polar surface area (TPSA) is 42.2 Å². The maximum atomic E-state index is 9.32. The first-order chi connectivity index (χ1) is 9.76. The summed E-state index contributed by atoms with van der Waals surface area (Å²) in [5.41, 5.74) is 2.40. The fourth-order valence-corrected chi connectivity index (χ4v) is 2.24. The van der Waals surface area contributed by atoms with Gasteiger partial charge in [-0.1, -0.05) is 34.1 Å². The molecular formula is C16H10BrNO2. The summed E-state index contributed by atoms with van der Waals surface area (Å²) in [5, 5.41) is 9.32. The summed E-state index contributed by atoms with van der Waals surface area (Å²) in [7, 11) is 0. The Morgan fingerprint density at radius 3 is 2.60 bits per heavy atom. The van der Waals surface area contributed by atoms with Gasteiger partial charge in [0.15, 0.2) is 11.5 Å². The van der Waals surface area contributed by atoms with Crippen molar-refractivity contribution in [3.05, 3.63) is 58.1 Å². The van der Waals surface area contributed by atoms with Gasteiger partial charge in [0.2, 0.25) is 6.79 Å². The monoisotopic (exact) mass is 327 g/mol. The zero-order chi connectivity index (χ0) is 13.9. The van der Waals surface area contributed by atoms with Gasteiger partial charge in [-0.05, 0) is 41.5 Å². The van der Waals surface area contributed by atoms with Gasteiger partial charge in [-0.3, -0.25) is 0 Å². The van der Waals surface area contributed by atoms with Crippen LogP contribution in [0.2, 0.25) is 0 Å². The van der Waals surface area contributed by atoms with Gasteiger partial charge in [-0.15, -0.1) is 0 Å². The lowest BCUT2D eigenvalue weighted by Gasteiger charge is -2.01. The molecular weight excluding hydrogens is 318 g/mol. The highest BCUT2D eigenvalue weighted by Crippen LogP contribution is 2.33. The Morgan fingerprint density at radius 2 is 1.85 bits per heavy atom. The third-order valence-corrected chi connectivity index (χ3v) is 3.51. The number of nitriles is 1. The first kappa shape index (κ1) is 12.8. The SMILES string of the molecule is N#C/C(=C\c1ccc2c(c1)OCO2)c1ccc(Br)cc1. The largest absolute Gasteiger partial charge is 0.454 e. The van der Waals surface area contributed by atoms with E-state index in [-0.39, 0.29) is 6.79 Å². The van der Waals surface area contributed by atoms with Crippen molar-refractivity contribution in [1.82, 2.24) is 0 Å². The molecule has 98 valence electrons. The lowest BCUT2D eigenvalue weighted by molar-refractivity contribution is 0.174. The quantitative estimate of drug-likeness (QED) is 0.612. The number of hydrogen-bond acceptors (Lipinski definition) is 3. The Hall–Kier alpha value is -2.25. The van der Waals surface area contributed by atoms with E-state index < -0.39 is 0 Å². The lowest BCUT2D eigenvalue weighted by atomic mass is 10.0. The van der Waals surface area contributed by atoms with Crippen molar-refractivity contribution < 1.29 is 9.47 Å². The number of ether oxygens (including phenoxy) is 2. The molecule has 0 fully saturated rings. The summed E-state index contributed by atoms with van der Waals surface area (Å²) in [6, 6.07) is 15.5. The molecule has 0 aromatic heterocycles. The van der Waals surface area contributed by atoms with E-state index in [2.05, 4.69) is 22.0 Å². The second-order valence-electron chi connectivity index (χ2n) is 4.29. The zero-order valence-corrected chi connectivity index (χ0v) is 12.1. The molecule has 0 atom stereocenters. The molecule has 2 aromatic rings. The molecule has 0 N–H and O–H groups in total.